The average molecular weight is 268 g/mol. The van der Waals surface area contributed by atoms with Crippen molar-refractivity contribution in [1.29, 1.82) is 0 Å². The summed E-state index contributed by atoms with van der Waals surface area (Å²) in [7, 11) is 0. The van der Waals surface area contributed by atoms with Crippen molar-refractivity contribution >= 4 is 0 Å². The molecule has 0 N–H and O–H groups in total. The first kappa shape index (κ1) is 12.3. The van der Waals surface area contributed by atoms with Gasteiger partial charge in [0.05, 0.1) is 22.5 Å². The van der Waals surface area contributed by atoms with Crippen molar-refractivity contribution in [2.75, 3.05) is 0 Å². The molecular formula is C13H12N6O. The molecule has 3 aromatic rings. The number of aryl methyl sites for hydroxylation is 3. The summed E-state index contributed by atoms with van der Waals surface area (Å²) in [6.45, 7) is 5.58. The Kier molecular flexibility index (Phi) is 2.94. The number of hydrogen-bond acceptors (Lipinski definition) is 7. The Bertz CT molecular complexity index is 767. The van der Waals surface area contributed by atoms with Crippen molar-refractivity contribution < 1.29 is 4.42 Å². The van der Waals surface area contributed by atoms with E-state index < -0.39 is 0 Å². The summed E-state index contributed by atoms with van der Waals surface area (Å²) in [5, 5.41) is 8.08. The summed E-state index contributed by atoms with van der Waals surface area (Å²) >= 11 is 0. The van der Waals surface area contributed by atoms with Crippen molar-refractivity contribution in [1.82, 2.24) is 30.1 Å². The molecule has 0 spiro atoms. The highest BCUT2D eigenvalue weighted by molar-refractivity contribution is 5.59. The largest absolute Gasteiger partial charge is 0.416 e. The van der Waals surface area contributed by atoms with E-state index in [0.717, 1.165) is 22.5 Å². The molecule has 3 heterocycles. The van der Waals surface area contributed by atoms with Crippen LogP contribution in [0.25, 0.3) is 22.9 Å². The van der Waals surface area contributed by atoms with Gasteiger partial charge in [-0.25, -0.2) is 19.9 Å². The normalized spacial score (nSPS) is 10.8. The predicted octanol–water partition coefficient (Wildman–Crippen LogP) is 1.91. The maximum atomic E-state index is 5.68. The van der Waals surface area contributed by atoms with Gasteiger partial charge in [-0.05, 0) is 20.8 Å². The number of rotatable bonds is 2. The van der Waals surface area contributed by atoms with Crippen molar-refractivity contribution in [3.63, 3.8) is 0 Å². The zero-order valence-corrected chi connectivity index (χ0v) is 11.3. The van der Waals surface area contributed by atoms with E-state index in [4.69, 9.17) is 4.42 Å². The zero-order chi connectivity index (χ0) is 14.1. The molecule has 0 saturated carbocycles. The van der Waals surface area contributed by atoms with Gasteiger partial charge in [0.25, 0.3) is 11.8 Å². The van der Waals surface area contributed by atoms with Crippen LogP contribution in [0.3, 0.4) is 0 Å². The van der Waals surface area contributed by atoms with Crippen LogP contribution in [0.1, 0.15) is 17.2 Å². The first-order valence-corrected chi connectivity index (χ1v) is 6.06. The highest BCUT2D eigenvalue weighted by atomic mass is 16.4. The van der Waals surface area contributed by atoms with Crippen LogP contribution < -0.4 is 0 Å². The fourth-order valence-electron chi connectivity index (χ4n) is 1.83. The Morgan fingerprint density at radius 3 is 2.20 bits per heavy atom. The lowest BCUT2D eigenvalue weighted by Crippen LogP contribution is -1.93. The molecule has 0 unspecified atom stereocenters. The van der Waals surface area contributed by atoms with Gasteiger partial charge in [0.2, 0.25) is 0 Å². The van der Waals surface area contributed by atoms with Crippen molar-refractivity contribution in [3.05, 3.63) is 35.9 Å². The van der Waals surface area contributed by atoms with E-state index in [9.17, 15) is 0 Å². The molecule has 0 aromatic carbocycles. The van der Waals surface area contributed by atoms with E-state index in [-0.39, 0.29) is 0 Å². The van der Waals surface area contributed by atoms with Gasteiger partial charge in [0.15, 0.2) is 0 Å². The molecule has 0 aliphatic heterocycles. The van der Waals surface area contributed by atoms with Crippen LogP contribution in [0.15, 0.2) is 23.1 Å². The second-order valence-electron chi connectivity index (χ2n) is 4.35. The second kappa shape index (κ2) is 4.76. The van der Waals surface area contributed by atoms with Gasteiger partial charge < -0.3 is 4.42 Å². The fourth-order valence-corrected chi connectivity index (χ4v) is 1.83. The molecule has 0 saturated heterocycles. The Labute approximate surface area is 115 Å². The number of aromatic nitrogens is 6. The molecular weight excluding hydrogens is 256 g/mol. The van der Waals surface area contributed by atoms with Crippen LogP contribution in [0.5, 0.6) is 0 Å². The minimum atomic E-state index is 0.387. The van der Waals surface area contributed by atoms with E-state index in [1.54, 1.807) is 12.4 Å². The van der Waals surface area contributed by atoms with E-state index >= 15 is 0 Å². The van der Waals surface area contributed by atoms with Crippen molar-refractivity contribution in [3.8, 4) is 22.9 Å². The molecule has 0 aliphatic rings. The standard InChI is InChI=1S/C13H12N6O/c1-7-10(4-14-6-16-7)12-18-19-13(20-12)11-5-15-9(3)17-8(11)2/h4-6H,1-3H3. The molecule has 7 nitrogen and oxygen atoms in total. The van der Waals surface area contributed by atoms with Crippen molar-refractivity contribution in [2.45, 2.75) is 20.8 Å². The lowest BCUT2D eigenvalue weighted by molar-refractivity contribution is 0.582. The second-order valence-corrected chi connectivity index (χ2v) is 4.35. The number of nitrogens with zero attached hydrogens (tertiary/aromatic N) is 6. The first-order valence-electron chi connectivity index (χ1n) is 6.06. The van der Waals surface area contributed by atoms with Gasteiger partial charge in [-0.1, -0.05) is 0 Å². The van der Waals surface area contributed by atoms with Gasteiger partial charge in [-0.3, -0.25) is 0 Å². The molecule has 20 heavy (non-hydrogen) atoms. The molecule has 0 aliphatic carbocycles. The molecule has 0 radical (unpaired) electrons. The Morgan fingerprint density at radius 2 is 1.55 bits per heavy atom. The molecule has 0 fully saturated rings. The Hall–Kier alpha value is -2.70. The van der Waals surface area contributed by atoms with Gasteiger partial charge in [-0.15, -0.1) is 10.2 Å². The number of hydrogen-bond donors (Lipinski definition) is 0. The van der Waals surface area contributed by atoms with Crippen LogP contribution in [-0.4, -0.2) is 30.1 Å². The van der Waals surface area contributed by atoms with Gasteiger partial charge in [0, 0.05) is 12.4 Å². The minimum Gasteiger partial charge on any atom is -0.416 e. The van der Waals surface area contributed by atoms with E-state index in [1.807, 2.05) is 20.8 Å². The van der Waals surface area contributed by atoms with E-state index in [0.29, 0.717) is 17.6 Å². The summed E-state index contributed by atoms with van der Waals surface area (Å²) in [5.41, 5.74) is 3.03. The summed E-state index contributed by atoms with van der Waals surface area (Å²) < 4.78 is 5.68. The van der Waals surface area contributed by atoms with Crippen LogP contribution >= 0.6 is 0 Å². The van der Waals surface area contributed by atoms with E-state index in [2.05, 4.69) is 30.1 Å². The molecule has 100 valence electrons. The lowest BCUT2D eigenvalue weighted by atomic mass is 10.2. The third-order valence-electron chi connectivity index (χ3n) is 2.90. The van der Waals surface area contributed by atoms with Crippen molar-refractivity contribution in [2.24, 2.45) is 0 Å². The first-order chi connectivity index (χ1) is 9.65. The molecule has 3 rings (SSSR count). The molecule has 0 atom stereocenters. The highest BCUT2D eigenvalue weighted by Gasteiger charge is 2.15. The van der Waals surface area contributed by atoms with Gasteiger partial charge in [0.1, 0.15) is 12.2 Å². The molecule has 0 amide bonds. The third-order valence-corrected chi connectivity index (χ3v) is 2.90. The summed E-state index contributed by atoms with van der Waals surface area (Å²) in [5.74, 6) is 1.48. The van der Waals surface area contributed by atoms with E-state index in [1.165, 1.54) is 6.33 Å². The Morgan fingerprint density at radius 1 is 0.850 bits per heavy atom. The highest BCUT2D eigenvalue weighted by Crippen LogP contribution is 2.25. The van der Waals surface area contributed by atoms with Crippen LogP contribution in [0.2, 0.25) is 0 Å². The molecule has 0 bridgehead atoms. The third kappa shape index (κ3) is 2.13. The summed E-state index contributed by atoms with van der Waals surface area (Å²) in [6.07, 6.45) is 4.81. The van der Waals surface area contributed by atoms with Crippen LogP contribution in [0, 0.1) is 20.8 Å². The fraction of sp³-hybridized carbons (Fsp3) is 0.231. The predicted molar refractivity (Wildman–Crippen MR) is 70.6 cm³/mol. The smallest absolute Gasteiger partial charge is 0.251 e. The maximum Gasteiger partial charge on any atom is 0.251 e. The summed E-state index contributed by atoms with van der Waals surface area (Å²) in [4.78, 5) is 16.5. The maximum absolute atomic E-state index is 5.68. The monoisotopic (exact) mass is 268 g/mol. The van der Waals surface area contributed by atoms with Gasteiger partial charge in [-0.2, -0.15) is 0 Å². The molecule has 7 heteroatoms. The van der Waals surface area contributed by atoms with Crippen LogP contribution in [0.4, 0.5) is 0 Å². The van der Waals surface area contributed by atoms with Gasteiger partial charge >= 0.3 is 0 Å². The average Bonchev–Trinajstić information content (AvgIpc) is 2.88. The minimum absolute atomic E-state index is 0.387. The Balaban J connectivity index is 2.04. The quantitative estimate of drug-likeness (QED) is 0.701. The lowest BCUT2D eigenvalue weighted by Gasteiger charge is -2.00. The topological polar surface area (TPSA) is 90.5 Å². The zero-order valence-electron chi connectivity index (χ0n) is 11.3. The summed E-state index contributed by atoms with van der Waals surface area (Å²) in [6, 6.07) is 0. The van der Waals surface area contributed by atoms with Crippen LogP contribution in [-0.2, 0) is 0 Å². The SMILES string of the molecule is Cc1ncc(-c2nnc(-c3cncnc3C)o2)c(C)n1. The molecule has 3 aromatic heterocycles.